The zero-order chi connectivity index (χ0) is 13.0. The summed E-state index contributed by atoms with van der Waals surface area (Å²) in [7, 11) is 0. The van der Waals surface area contributed by atoms with Gasteiger partial charge in [-0.2, -0.15) is 0 Å². The molecule has 2 heterocycles. The number of H-pyrrole nitrogens is 1. The molecule has 0 unspecified atom stereocenters. The molecule has 1 aliphatic carbocycles. The maximum absolute atomic E-state index is 12.1. The quantitative estimate of drug-likeness (QED) is 0.524. The number of benzene rings is 1. The van der Waals surface area contributed by atoms with Gasteiger partial charge in [0.15, 0.2) is 0 Å². The Morgan fingerprint density at radius 3 is 3.00 bits per heavy atom. The second-order valence-electron chi connectivity index (χ2n) is 4.72. The van der Waals surface area contributed by atoms with Crippen LogP contribution in [0.15, 0.2) is 34.4 Å². The van der Waals surface area contributed by atoms with E-state index in [0.717, 1.165) is 27.5 Å². The number of hydrogen-bond acceptors (Lipinski definition) is 2. The molecule has 2 aromatic heterocycles. The van der Waals surface area contributed by atoms with Crippen LogP contribution in [-0.4, -0.2) is 4.98 Å². The Morgan fingerprint density at radius 1 is 1.26 bits per heavy atom. The van der Waals surface area contributed by atoms with Gasteiger partial charge in [0.1, 0.15) is 0 Å². The van der Waals surface area contributed by atoms with Gasteiger partial charge in [-0.25, -0.2) is 0 Å². The van der Waals surface area contributed by atoms with Crippen LogP contribution < -0.4 is 5.56 Å². The monoisotopic (exact) mass is 331 g/mol. The first kappa shape index (κ1) is 11.4. The van der Waals surface area contributed by atoms with E-state index in [2.05, 4.69) is 45.2 Å². The predicted octanol–water partition coefficient (Wildman–Crippen LogP) is 4.06. The highest BCUT2D eigenvalue weighted by Gasteiger charge is 2.24. The lowest BCUT2D eigenvalue weighted by molar-refractivity contribution is 1.21. The lowest BCUT2D eigenvalue weighted by Crippen LogP contribution is -2.06. The van der Waals surface area contributed by atoms with Gasteiger partial charge in [-0.05, 0) is 28.1 Å². The maximum Gasteiger partial charge on any atom is 0.266 e. The molecule has 2 nitrogen and oxygen atoms in total. The van der Waals surface area contributed by atoms with E-state index in [4.69, 9.17) is 0 Å². The molecule has 4 heteroatoms. The smallest absolute Gasteiger partial charge is 0.266 e. The molecule has 0 bridgehead atoms. The molecular formula is C15H10BrNOS. The summed E-state index contributed by atoms with van der Waals surface area (Å²) in [6.45, 7) is 0. The fourth-order valence-corrected chi connectivity index (χ4v) is 4.24. The molecule has 19 heavy (non-hydrogen) atoms. The van der Waals surface area contributed by atoms with E-state index in [0.29, 0.717) is 0 Å². The SMILES string of the molecule is O=c1[nH]c2c(c3ccsc13)Cc1c(CBr)cccc1-2. The van der Waals surface area contributed by atoms with E-state index in [1.165, 1.54) is 33.6 Å². The van der Waals surface area contributed by atoms with Crippen LogP contribution in [0, 0.1) is 0 Å². The Kier molecular flexibility index (Phi) is 2.44. The molecule has 1 aromatic carbocycles. The molecule has 0 aliphatic heterocycles. The number of pyridine rings is 1. The highest BCUT2D eigenvalue weighted by atomic mass is 79.9. The lowest BCUT2D eigenvalue weighted by atomic mass is 10.0. The Morgan fingerprint density at radius 2 is 2.16 bits per heavy atom. The lowest BCUT2D eigenvalue weighted by Gasteiger charge is -2.04. The second kappa shape index (κ2) is 4.05. The first-order valence-electron chi connectivity index (χ1n) is 6.09. The Balaban J connectivity index is 2.11. The summed E-state index contributed by atoms with van der Waals surface area (Å²) >= 11 is 5.06. The molecule has 1 aliphatic rings. The third-order valence-electron chi connectivity index (χ3n) is 3.78. The van der Waals surface area contributed by atoms with Crippen molar-refractivity contribution in [2.45, 2.75) is 11.8 Å². The number of thiophene rings is 1. The van der Waals surface area contributed by atoms with Crippen LogP contribution in [0.2, 0.25) is 0 Å². The van der Waals surface area contributed by atoms with Gasteiger partial charge in [0.2, 0.25) is 0 Å². The van der Waals surface area contributed by atoms with Crippen molar-refractivity contribution < 1.29 is 0 Å². The van der Waals surface area contributed by atoms with Crippen molar-refractivity contribution in [3.8, 4) is 11.3 Å². The number of rotatable bonds is 1. The zero-order valence-corrected chi connectivity index (χ0v) is 12.4. The maximum atomic E-state index is 12.1. The zero-order valence-electron chi connectivity index (χ0n) is 10.00. The molecule has 0 fully saturated rings. The average Bonchev–Trinajstić information content (AvgIpc) is 3.03. The van der Waals surface area contributed by atoms with Crippen molar-refractivity contribution in [3.63, 3.8) is 0 Å². The van der Waals surface area contributed by atoms with Crippen LogP contribution >= 0.6 is 27.3 Å². The standard InChI is InChI=1S/C15H10BrNOS/c16-7-8-2-1-3-9-11(8)6-12-10-4-5-19-14(10)15(18)17-13(9)12/h1-5H,6-7H2,(H,17,18). The van der Waals surface area contributed by atoms with E-state index in [-0.39, 0.29) is 5.56 Å². The van der Waals surface area contributed by atoms with E-state index in [9.17, 15) is 4.79 Å². The number of alkyl halides is 1. The Bertz CT molecular complexity index is 862. The summed E-state index contributed by atoms with van der Waals surface area (Å²) in [5, 5.41) is 3.95. The van der Waals surface area contributed by atoms with Gasteiger partial charge in [-0.3, -0.25) is 4.79 Å². The van der Waals surface area contributed by atoms with Gasteiger partial charge in [0.25, 0.3) is 5.56 Å². The third-order valence-corrected chi connectivity index (χ3v) is 5.29. The minimum atomic E-state index is 0.0286. The molecule has 94 valence electrons. The van der Waals surface area contributed by atoms with Crippen molar-refractivity contribution in [2.75, 3.05) is 0 Å². The summed E-state index contributed by atoms with van der Waals surface area (Å²) in [5.74, 6) is 0. The highest BCUT2D eigenvalue weighted by Crippen LogP contribution is 2.40. The molecule has 1 N–H and O–H groups in total. The molecule has 0 saturated carbocycles. The molecule has 4 rings (SSSR count). The summed E-state index contributed by atoms with van der Waals surface area (Å²) in [4.78, 5) is 15.2. The summed E-state index contributed by atoms with van der Waals surface area (Å²) in [6.07, 6.45) is 0.913. The van der Waals surface area contributed by atoms with E-state index in [1.807, 2.05) is 5.38 Å². The van der Waals surface area contributed by atoms with Crippen LogP contribution in [-0.2, 0) is 11.8 Å². The van der Waals surface area contributed by atoms with Crippen molar-refractivity contribution in [3.05, 3.63) is 56.7 Å². The normalized spacial score (nSPS) is 12.7. The fraction of sp³-hybridized carbons (Fsp3) is 0.133. The number of nitrogens with one attached hydrogen (secondary N) is 1. The van der Waals surface area contributed by atoms with Crippen LogP contribution in [0.3, 0.4) is 0 Å². The van der Waals surface area contributed by atoms with Gasteiger partial charge in [0.05, 0.1) is 10.4 Å². The van der Waals surface area contributed by atoms with Gasteiger partial charge in [0, 0.05) is 22.7 Å². The molecule has 3 aromatic rings. The van der Waals surface area contributed by atoms with E-state index < -0.39 is 0 Å². The topological polar surface area (TPSA) is 32.9 Å². The summed E-state index contributed by atoms with van der Waals surface area (Å²) < 4.78 is 0.840. The van der Waals surface area contributed by atoms with E-state index >= 15 is 0 Å². The van der Waals surface area contributed by atoms with Crippen molar-refractivity contribution in [1.29, 1.82) is 0 Å². The minimum Gasteiger partial charge on any atom is -0.320 e. The van der Waals surface area contributed by atoms with Gasteiger partial charge >= 0.3 is 0 Å². The van der Waals surface area contributed by atoms with Gasteiger partial charge in [-0.15, -0.1) is 11.3 Å². The predicted molar refractivity (Wildman–Crippen MR) is 83.3 cm³/mol. The number of halogens is 1. The third kappa shape index (κ3) is 1.50. The largest absolute Gasteiger partial charge is 0.320 e. The molecule has 0 atom stereocenters. The first-order valence-corrected chi connectivity index (χ1v) is 8.09. The average molecular weight is 332 g/mol. The second-order valence-corrected chi connectivity index (χ2v) is 6.20. The number of hydrogen-bond donors (Lipinski definition) is 1. The van der Waals surface area contributed by atoms with Crippen LogP contribution in [0.5, 0.6) is 0 Å². The molecule has 0 radical (unpaired) electrons. The molecule has 0 spiro atoms. The summed E-state index contributed by atoms with van der Waals surface area (Å²) in [5.41, 5.74) is 6.12. The van der Waals surface area contributed by atoms with Crippen molar-refractivity contribution >= 4 is 37.4 Å². The number of aromatic amines is 1. The molecule has 0 saturated heterocycles. The van der Waals surface area contributed by atoms with Gasteiger partial charge < -0.3 is 4.98 Å². The number of fused-ring (bicyclic) bond motifs is 5. The Hall–Kier alpha value is -1.39. The van der Waals surface area contributed by atoms with Crippen molar-refractivity contribution in [1.82, 2.24) is 4.98 Å². The van der Waals surface area contributed by atoms with Crippen molar-refractivity contribution in [2.24, 2.45) is 0 Å². The van der Waals surface area contributed by atoms with Crippen LogP contribution in [0.1, 0.15) is 16.7 Å². The minimum absolute atomic E-state index is 0.0286. The summed E-state index contributed by atoms with van der Waals surface area (Å²) in [6, 6.07) is 8.36. The first-order chi connectivity index (χ1) is 9.29. The van der Waals surface area contributed by atoms with Crippen LogP contribution in [0.4, 0.5) is 0 Å². The fourth-order valence-electron chi connectivity index (χ4n) is 2.90. The number of aromatic nitrogens is 1. The molecular weight excluding hydrogens is 322 g/mol. The van der Waals surface area contributed by atoms with Crippen LogP contribution in [0.25, 0.3) is 21.3 Å². The van der Waals surface area contributed by atoms with Gasteiger partial charge in [-0.1, -0.05) is 34.1 Å². The highest BCUT2D eigenvalue weighted by molar-refractivity contribution is 9.08. The van der Waals surface area contributed by atoms with E-state index in [1.54, 1.807) is 0 Å². The molecule has 0 amide bonds. The Labute approximate surface area is 122 Å².